The third-order valence-electron chi connectivity index (χ3n) is 7.29. The number of hydrogen-bond donors (Lipinski definition) is 2. The van der Waals surface area contributed by atoms with Crippen molar-refractivity contribution in [3.8, 4) is 5.69 Å². The second kappa shape index (κ2) is 11.5. The molecule has 2 N–H and O–H groups in total. The predicted molar refractivity (Wildman–Crippen MR) is 152 cm³/mol. The van der Waals surface area contributed by atoms with Gasteiger partial charge in [-0.25, -0.2) is 4.98 Å². The fourth-order valence-corrected chi connectivity index (χ4v) is 5.03. The first-order valence-corrected chi connectivity index (χ1v) is 13.4. The highest BCUT2D eigenvalue weighted by Gasteiger charge is 2.26. The zero-order chi connectivity index (χ0) is 26.4. The van der Waals surface area contributed by atoms with Crippen LogP contribution in [0.15, 0.2) is 79.4 Å². The molecule has 0 spiro atoms. The molecule has 6 rings (SSSR count). The zero-order valence-corrected chi connectivity index (χ0v) is 21.7. The lowest BCUT2D eigenvalue weighted by Crippen LogP contribution is -2.38. The number of carbonyl (C=O) groups excluding carboxylic acids is 1. The molecule has 2 aromatic carbocycles. The maximum atomic E-state index is 12.9. The number of nitrogens with zero attached hydrogens (tertiary/aromatic N) is 6. The molecule has 39 heavy (non-hydrogen) atoms. The lowest BCUT2D eigenvalue weighted by Gasteiger charge is -2.32. The van der Waals surface area contributed by atoms with Crippen molar-refractivity contribution in [2.45, 2.75) is 12.8 Å². The molecule has 0 unspecified atom stereocenters. The number of benzene rings is 2. The van der Waals surface area contributed by atoms with Gasteiger partial charge in [0.25, 0.3) is 0 Å². The Morgan fingerprint density at radius 2 is 1.51 bits per heavy atom. The summed E-state index contributed by atoms with van der Waals surface area (Å²) in [6, 6.07) is 20.1. The van der Waals surface area contributed by atoms with Gasteiger partial charge in [-0.15, -0.1) is 10.2 Å². The number of morpholine rings is 1. The molecule has 200 valence electrons. The highest BCUT2D eigenvalue weighted by molar-refractivity contribution is 5.92. The topological polar surface area (TPSA) is 100 Å². The van der Waals surface area contributed by atoms with Crippen LogP contribution in [-0.4, -0.2) is 65.0 Å². The first-order chi connectivity index (χ1) is 19.2. The van der Waals surface area contributed by atoms with Gasteiger partial charge < -0.3 is 29.7 Å². The van der Waals surface area contributed by atoms with Gasteiger partial charge >= 0.3 is 0 Å². The van der Waals surface area contributed by atoms with E-state index in [1.165, 1.54) is 0 Å². The van der Waals surface area contributed by atoms with Crippen molar-refractivity contribution >= 4 is 34.6 Å². The quantitative estimate of drug-likeness (QED) is 0.373. The molecule has 2 aliphatic rings. The summed E-state index contributed by atoms with van der Waals surface area (Å²) in [5, 5.41) is 15.2. The van der Waals surface area contributed by atoms with Gasteiger partial charge in [0, 0.05) is 67.2 Å². The summed E-state index contributed by atoms with van der Waals surface area (Å²) >= 11 is 0. The molecule has 4 heterocycles. The van der Waals surface area contributed by atoms with E-state index in [1.54, 1.807) is 12.5 Å². The standard InChI is InChI=1S/C29H32N8O2/c38-29(32-24-3-5-25(6-4-24)35-17-19-39-20-18-35)22-11-14-36(15-12-22)28-10-9-27(33-34-28)31-23-1-7-26(8-2-23)37-16-13-30-21-37/h1-10,13,16,21-22H,11-12,14-15,17-20H2,(H,31,33)(H,32,38). The van der Waals surface area contributed by atoms with Crippen LogP contribution in [0.25, 0.3) is 5.69 Å². The molecule has 0 atom stereocenters. The molecule has 0 aliphatic carbocycles. The normalized spacial score (nSPS) is 16.2. The first-order valence-electron chi connectivity index (χ1n) is 13.4. The van der Waals surface area contributed by atoms with Crippen molar-refractivity contribution in [3.63, 3.8) is 0 Å². The lowest BCUT2D eigenvalue weighted by atomic mass is 9.96. The van der Waals surface area contributed by atoms with E-state index in [0.717, 1.165) is 80.8 Å². The van der Waals surface area contributed by atoms with Gasteiger partial charge in [0.1, 0.15) is 0 Å². The Morgan fingerprint density at radius 1 is 0.795 bits per heavy atom. The molecule has 0 bridgehead atoms. The number of piperidine rings is 1. The Labute approximate surface area is 227 Å². The van der Waals surface area contributed by atoms with E-state index in [0.29, 0.717) is 5.82 Å². The van der Waals surface area contributed by atoms with Crippen molar-refractivity contribution in [2.75, 3.05) is 59.8 Å². The maximum absolute atomic E-state index is 12.9. The van der Waals surface area contributed by atoms with Gasteiger partial charge in [-0.05, 0) is 73.5 Å². The van der Waals surface area contributed by atoms with E-state index < -0.39 is 0 Å². The number of rotatable bonds is 7. The molecule has 2 aliphatic heterocycles. The third kappa shape index (κ3) is 6.01. The van der Waals surface area contributed by atoms with E-state index in [-0.39, 0.29) is 11.8 Å². The minimum atomic E-state index is -0.0145. The van der Waals surface area contributed by atoms with Gasteiger partial charge in [-0.1, -0.05) is 0 Å². The molecule has 10 heteroatoms. The molecule has 4 aromatic rings. The third-order valence-corrected chi connectivity index (χ3v) is 7.29. The number of amides is 1. The number of aromatic nitrogens is 4. The van der Waals surface area contributed by atoms with Crippen molar-refractivity contribution in [3.05, 3.63) is 79.4 Å². The average Bonchev–Trinajstić information content (AvgIpc) is 3.54. The van der Waals surface area contributed by atoms with Crippen LogP contribution in [0.4, 0.5) is 28.7 Å². The van der Waals surface area contributed by atoms with Crippen molar-refractivity contribution in [1.82, 2.24) is 19.7 Å². The van der Waals surface area contributed by atoms with Crippen molar-refractivity contribution in [1.29, 1.82) is 0 Å². The molecule has 0 radical (unpaired) electrons. The minimum absolute atomic E-state index is 0.0145. The fourth-order valence-electron chi connectivity index (χ4n) is 5.03. The predicted octanol–water partition coefficient (Wildman–Crippen LogP) is 4.10. The van der Waals surface area contributed by atoms with Crippen molar-refractivity contribution < 1.29 is 9.53 Å². The van der Waals surface area contributed by atoms with E-state index in [9.17, 15) is 4.79 Å². The van der Waals surface area contributed by atoms with Crippen LogP contribution in [0.5, 0.6) is 0 Å². The van der Waals surface area contributed by atoms with Crippen LogP contribution < -0.4 is 20.4 Å². The Morgan fingerprint density at radius 3 is 2.18 bits per heavy atom. The van der Waals surface area contributed by atoms with Gasteiger partial charge in [-0.2, -0.15) is 0 Å². The lowest BCUT2D eigenvalue weighted by molar-refractivity contribution is -0.120. The number of hydrogen-bond acceptors (Lipinski definition) is 8. The van der Waals surface area contributed by atoms with Crippen LogP contribution in [0.2, 0.25) is 0 Å². The number of imidazole rings is 1. The summed E-state index contributed by atoms with van der Waals surface area (Å²) in [4.78, 5) is 21.5. The molecule has 2 aromatic heterocycles. The van der Waals surface area contributed by atoms with Gasteiger partial charge in [0.2, 0.25) is 5.91 Å². The molecule has 2 saturated heterocycles. The Bertz CT molecular complexity index is 1340. The summed E-state index contributed by atoms with van der Waals surface area (Å²) in [6.07, 6.45) is 7.00. The van der Waals surface area contributed by atoms with Crippen LogP contribution in [0, 0.1) is 5.92 Å². The van der Waals surface area contributed by atoms with Crippen LogP contribution in [0.1, 0.15) is 12.8 Å². The number of anilines is 5. The SMILES string of the molecule is O=C(Nc1ccc(N2CCOCC2)cc1)C1CCN(c2ccc(Nc3ccc(-n4ccnc4)cc3)nn2)CC1. The van der Waals surface area contributed by atoms with Crippen LogP contribution in [0.3, 0.4) is 0 Å². The second-order valence-electron chi connectivity index (χ2n) is 9.82. The Balaban J connectivity index is 0.978. The average molecular weight is 525 g/mol. The van der Waals surface area contributed by atoms with Gasteiger partial charge in [0.15, 0.2) is 11.6 Å². The van der Waals surface area contributed by atoms with Gasteiger partial charge in [-0.3, -0.25) is 4.79 Å². The molecule has 1 amide bonds. The number of carbonyl (C=O) groups is 1. The molecule has 2 fully saturated rings. The molecule has 0 saturated carbocycles. The summed E-state index contributed by atoms with van der Waals surface area (Å²) in [5.74, 6) is 1.58. The number of nitrogens with one attached hydrogen (secondary N) is 2. The summed E-state index contributed by atoms with van der Waals surface area (Å²) in [7, 11) is 0. The monoisotopic (exact) mass is 524 g/mol. The first kappa shape index (κ1) is 24.9. The summed E-state index contributed by atoms with van der Waals surface area (Å²) in [6.45, 7) is 4.85. The maximum Gasteiger partial charge on any atom is 0.227 e. The highest BCUT2D eigenvalue weighted by Crippen LogP contribution is 2.25. The van der Waals surface area contributed by atoms with Crippen LogP contribution >= 0.6 is 0 Å². The van der Waals surface area contributed by atoms with Crippen molar-refractivity contribution in [2.24, 2.45) is 5.92 Å². The van der Waals surface area contributed by atoms with E-state index in [4.69, 9.17) is 4.74 Å². The van der Waals surface area contributed by atoms with E-state index in [1.807, 2.05) is 59.3 Å². The largest absolute Gasteiger partial charge is 0.378 e. The minimum Gasteiger partial charge on any atom is -0.378 e. The number of ether oxygens (including phenoxy) is 1. The van der Waals surface area contributed by atoms with E-state index >= 15 is 0 Å². The highest BCUT2D eigenvalue weighted by atomic mass is 16.5. The summed E-state index contributed by atoms with van der Waals surface area (Å²) < 4.78 is 7.38. The summed E-state index contributed by atoms with van der Waals surface area (Å²) in [5.41, 5.74) is 3.97. The molecular weight excluding hydrogens is 492 g/mol. The second-order valence-corrected chi connectivity index (χ2v) is 9.82. The van der Waals surface area contributed by atoms with Crippen LogP contribution in [-0.2, 0) is 9.53 Å². The smallest absolute Gasteiger partial charge is 0.227 e. The Hall–Kier alpha value is -4.44. The molecule has 10 nitrogen and oxygen atoms in total. The zero-order valence-electron chi connectivity index (χ0n) is 21.7. The Kier molecular flexibility index (Phi) is 7.35. The van der Waals surface area contributed by atoms with E-state index in [2.05, 4.69) is 47.7 Å². The van der Waals surface area contributed by atoms with Gasteiger partial charge in [0.05, 0.1) is 19.5 Å². The fraction of sp³-hybridized carbons (Fsp3) is 0.310. The molecular formula is C29H32N8O2.